The third-order valence-corrected chi connectivity index (χ3v) is 6.19. The lowest BCUT2D eigenvalue weighted by molar-refractivity contribution is -0.118. The summed E-state index contributed by atoms with van der Waals surface area (Å²) >= 11 is 3.28. The number of oxazole rings is 1. The van der Waals surface area contributed by atoms with Gasteiger partial charge in [-0.15, -0.1) is 0 Å². The predicted octanol–water partition coefficient (Wildman–Crippen LogP) is 4.05. The van der Waals surface area contributed by atoms with Crippen molar-refractivity contribution in [3.05, 3.63) is 65.6 Å². The van der Waals surface area contributed by atoms with Crippen molar-refractivity contribution < 1.29 is 17.6 Å². The van der Waals surface area contributed by atoms with E-state index in [-0.39, 0.29) is 10.8 Å². The number of aromatic nitrogens is 1. The van der Waals surface area contributed by atoms with Crippen molar-refractivity contribution in [2.24, 2.45) is 5.92 Å². The van der Waals surface area contributed by atoms with E-state index in [1.165, 1.54) is 18.5 Å². The Hall–Kier alpha value is -2.49. The van der Waals surface area contributed by atoms with Crippen LogP contribution < -0.4 is 10.0 Å². The molecule has 1 heterocycles. The molecule has 1 aromatic heterocycles. The lowest BCUT2D eigenvalue weighted by Crippen LogP contribution is -2.47. The van der Waals surface area contributed by atoms with E-state index in [2.05, 4.69) is 31.0 Å². The highest BCUT2D eigenvalue weighted by molar-refractivity contribution is 9.10. The molecule has 3 aromatic rings. The number of amides is 1. The predicted molar refractivity (Wildman–Crippen MR) is 114 cm³/mol. The monoisotopic (exact) mass is 477 g/mol. The van der Waals surface area contributed by atoms with Crippen LogP contribution in [0.25, 0.3) is 11.3 Å². The fourth-order valence-corrected chi connectivity index (χ4v) is 4.28. The number of nitrogens with zero attached hydrogens (tertiary/aromatic N) is 1. The minimum absolute atomic E-state index is 0.0893. The van der Waals surface area contributed by atoms with Gasteiger partial charge in [-0.05, 0) is 42.3 Å². The van der Waals surface area contributed by atoms with E-state index in [1.54, 1.807) is 50.4 Å². The Bertz CT molecular complexity index is 1080. The standard InChI is InChI=1S/C20H20BrN3O4S/c1-13(2)19(24-29(26,27)17-8-6-15(21)7-9-17)20(25)23-16-5-3-4-14(10-16)18-11-22-12-28-18/h3-13,19,24H,1-2H3,(H,23,25)/t19-/m0/s1. The molecule has 0 bridgehead atoms. The zero-order chi connectivity index (χ0) is 21.0. The largest absolute Gasteiger partial charge is 0.444 e. The van der Waals surface area contributed by atoms with Crippen molar-refractivity contribution >= 4 is 37.5 Å². The molecule has 3 rings (SSSR count). The molecule has 152 valence electrons. The molecule has 0 saturated heterocycles. The quantitative estimate of drug-likeness (QED) is 0.534. The smallest absolute Gasteiger partial charge is 0.242 e. The molecule has 2 N–H and O–H groups in total. The highest BCUT2D eigenvalue weighted by Gasteiger charge is 2.28. The number of halogens is 1. The summed E-state index contributed by atoms with van der Waals surface area (Å²) in [6.45, 7) is 3.55. The maximum absolute atomic E-state index is 12.8. The summed E-state index contributed by atoms with van der Waals surface area (Å²) in [7, 11) is -3.86. The number of nitrogens with one attached hydrogen (secondary N) is 2. The zero-order valence-corrected chi connectivity index (χ0v) is 18.2. The van der Waals surface area contributed by atoms with Gasteiger partial charge in [0.2, 0.25) is 15.9 Å². The molecule has 0 aliphatic carbocycles. The first-order valence-corrected chi connectivity index (χ1v) is 11.1. The minimum atomic E-state index is -3.86. The summed E-state index contributed by atoms with van der Waals surface area (Å²) in [6, 6.07) is 12.3. The number of sulfonamides is 1. The summed E-state index contributed by atoms with van der Waals surface area (Å²) in [5.74, 6) is -0.148. The van der Waals surface area contributed by atoms with E-state index in [4.69, 9.17) is 4.42 Å². The molecule has 0 unspecified atom stereocenters. The van der Waals surface area contributed by atoms with E-state index in [0.717, 1.165) is 10.0 Å². The van der Waals surface area contributed by atoms with Crippen molar-refractivity contribution in [3.8, 4) is 11.3 Å². The number of hydrogen-bond acceptors (Lipinski definition) is 5. The molecule has 9 heteroatoms. The second-order valence-corrected chi connectivity index (χ2v) is 9.36. The summed E-state index contributed by atoms with van der Waals surface area (Å²) in [5, 5.41) is 2.77. The van der Waals surface area contributed by atoms with Crippen LogP contribution in [0.15, 0.2) is 74.9 Å². The van der Waals surface area contributed by atoms with Gasteiger partial charge in [-0.25, -0.2) is 13.4 Å². The Balaban J connectivity index is 1.78. The van der Waals surface area contributed by atoms with Gasteiger partial charge >= 0.3 is 0 Å². The van der Waals surface area contributed by atoms with E-state index in [1.807, 2.05) is 6.07 Å². The molecular formula is C20H20BrN3O4S. The molecule has 1 amide bonds. The van der Waals surface area contributed by atoms with Gasteiger partial charge in [0.25, 0.3) is 0 Å². The molecule has 0 aliphatic rings. The molecule has 0 aliphatic heterocycles. The van der Waals surface area contributed by atoms with Crippen molar-refractivity contribution in [3.63, 3.8) is 0 Å². The fraction of sp³-hybridized carbons (Fsp3) is 0.200. The first-order chi connectivity index (χ1) is 13.8. The maximum Gasteiger partial charge on any atom is 0.242 e. The average molecular weight is 478 g/mol. The normalized spacial score (nSPS) is 12.7. The van der Waals surface area contributed by atoms with Gasteiger partial charge < -0.3 is 9.73 Å². The van der Waals surface area contributed by atoms with E-state index in [9.17, 15) is 13.2 Å². The van der Waals surface area contributed by atoms with Crippen LogP contribution in [0.3, 0.4) is 0 Å². The summed E-state index contributed by atoms with van der Waals surface area (Å²) in [6.07, 6.45) is 2.90. The average Bonchev–Trinajstić information content (AvgIpc) is 3.21. The van der Waals surface area contributed by atoms with Crippen LogP contribution in [0.5, 0.6) is 0 Å². The molecule has 1 atom stereocenters. The zero-order valence-electron chi connectivity index (χ0n) is 15.8. The summed E-state index contributed by atoms with van der Waals surface area (Å²) < 4.78 is 33.9. The number of hydrogen-bond donors (Lipinski definition) is 2. The topological polar surface area (TPSA) is 101 Å². The van der Waals surface area contributed by atoms with Gasteiger partial charge in [-0.3, -0.25) is 4.79 Å². The lowest BCUT2D eigenvalue weighted by Gasteiger charge is -2.22. The minimum Gasteiger partial charge on any atom is -0.444 e. The van der Waals surface area contributed by atoms with Crippen LogP contribution >= 0.6 is 15.9 Å². The van der Waals surface area contributed by atoms with Gasteiger partial charge in [0.05, 0.1) is 11.1 Å². The number of benzene rings is 2. The first kappa shape index (κ1) is 21.2. The summed E-state index contributed by atoms with van der Waals surface area (Å²) in [4.78, 5) is 16.8. The van der Waals surface area contributed by atoms with Gasteiger partial charge in [0, 0.05) is 15.7 Å². The van der Waals surface area contributed by atoms with Crippen molar-refractivity contribution in [1.29, 1.82) is 0 Å². The molecule has 0 radical (unpaired) electrons. The third kappa shape index (κ3) is 5.31. The van der Waals surface area contributed by atoms with Crippen molar-refractivity contribution in [2.45, 2.75) is 24.8 Å². The number of anilines is 1. The Morgan fingerprint density at radius 2 is 1.86 bits per heavy atom. The van der Waals surface area contributed by atoms with E-state index in [0.29, 0.717) is 11.4 Å². The SMILES string of the molecule is CC(C)[C@H](NS(=O)(=O)c1ccc(Br)cc1)C(=O)Nc1cccc(-c2cnco2)c1. The van der Waals surface area contributed by atoms with Crippen LogP contribution in [0.2, 0.25) is 0 Å². The second-order valence-electron chi connectivity index (χ2n) is 6.73. The summed E-state index contributed by atoms with van der Waals surface area (Å²) in [5.41, 5.74) is 1.27. The highest BCUT2D eigenvalue weighted by atomic mass is 79.9. The van der Waals surface area contributed by atoms with E-state index >= 15 is 0 Å². The van der Waals surface area contributed by atoms with Crippen molar-refractivity contribution in [2.75, 3.05) is 5.32 Å². The molecule has 0 saturated carbocycles. The van der Waals surface area contributed by atoms with Gasteiger partial charge in [0.15, 0.2) is 12.2 Å². The number of carbonyl (C=O) groups excluding carboxylic acids is 1. The molecule has 2 aromatic carbocycles. The van der Waals surface area contributed by atoms with E-state index < -0.39 is 22.0 Å². The van der Waals surface area contributed by atoms with Crippen LogP contribution in [-0.4, -0.2) is 25.4 Å². The fourth-order valence-electron chi connectivity index (χ4n) is 2.67. The molecular weight excluding hydrogens is 458 g/mol. The molecule has 7 nitrogen and oxygen atoms in total. The Morgan fingerprint density at radius 3 is 2.48 bits per heavy atom. The molecule has 29 heavy (non-hydrogen) atoms. The second kappa shape index (κ2) is 8.89. The number of carbonyl (C=O) groups is 1. The van der Waals surface area contributed by atoms with Crippen LogP contribution in [0.4, 0.5) is 5.69 Å². The van der Waals surface area contributed by atoms with Crippen molar-refractivity contribution in [1.82, 2.24) is 9.71 Å². The van der Waals surface area contributed by atoms with Crippen LogP contribution in [-0.2, 0) is 14.8 Å². The van der Waals surface area contributed by atoms with Crippen LogP contribution in [0.1, 0.15) is 13.8 Å². The Morgan fingerprint density at radius 1 is 1.14 bits per heavy atom. The van der Waals surface area contributed by atoms with Crippen LogP contribution in [0, 0.1) is 5.92 Å². The highest BCUT2D eigenvalue weighted by Crippen LogP contribution is 2.23. The number of rotatable bonds is 7. The Labute approximate surface area is 177 Å². The lowest BCUT2D eigenvalue weighted by atomic mass is 10.0. The molecule has 0 spiro atoms. The van der Waals surface area contributed by atoms with Gasteiger partial charge in [-0.2, -0.15) is 4.72 Å². The Kier molecular flexibility index (Phi) is 6.51. The maximum atomic E-state index is 12.8. The van der Waals surface area contributed by atoms with Gasteiger partial charge in [-0.1, -0.05) is 41.9 Å². The third-order valence-electron chi connectivity index (χ3n) is 4.20. The van der Waals surface area contributed by atoms with Gasteiger partial charge in [0.1, 0.15) is 6.04 Å². The first-order valence-electron chi connectivity index (χ1n) is 8.84. The molecule has 0 fully saturated rings.